The molecule has 0 rings (SSSR count). The first-order valence-corrected chi connectivity index (χ1v) is 2.30. The van der Waals surface area contributed by atoms with Gasteiger partial charge in [-0.1, -0.05) is 6.08 Å². The maximum Gasteiger partial charge on any atom is 0.274 e. The van der Waals surface area contributed by atoms with E-state index in [1.54, 1.807) is 0 Å². The monoisotopic (exact) mass is 127 g/mol. The molecule has 4 heteroatoms. The molecule has 0 atom stereocenters. The number of nitro groups is 1. The number of hydrogen-bond acceptors (Lipinski definition) is 3. The summed E-state index contributed by atoms with van der Waals surface area (Å²) in [5.41, 5.74) is 4.64. The summed E-state index contributed by atoms with van der Waals surface area (Å²) >= 11 is 0. The van der Waals surface area contributed by atoms with E-state index in [4.69, 9.17) is 5.73 Å². The number of hydrogen-bond donors (Lipinski definition) is 1. The molecule has 0 aromatic carbocycles. The van der Waals surface area contributed by atoms with Crippen molar-refractivity contribution in [1.82, 2.24) is 0 Å². The Labute approximate surface area is 52.8 Å². The van der Waals surface area contributed by atoms with Gasteiger partial charge in [-0.3, -0.25) is 10.1 Å². The van der Waals surface area contributed by atoms with Gasteiger partial charge in [0.1, 0.15) is 6.20 Å². The first-order chi connectivity index (χ1) is 4.22. The summed E-state index contributed by atoms with van der Waals surface area (Å²) in [5.74, 6) is 0. The Hall–Kier alpha value is -1.32. The predicted molar refractivity (Wildman–Crippen MR) is 32.8 cm³/mol. The molecule has 9 heavy (non-hydrogen) atoms. The Morgan fingerprint density at radius 1 is 2.00 bits per heavy atom. The molecule has 0 heterocycles. The lowest BCUT2D eigenvalue weighted by molar-refractivity contribution is -0.427. The SMILES string of the molecule is C=CC/C(=[C]/N)[N+](=O)[O-]. The van der Waals surface area contributed by atoms with Crippen LogP contribution in [-0.4, -0.2) is 4.92 Å². The lowest BCUT2D eigenvalue weighted by atomic mass is 10.3. The molecule has 0 spiro atoms. The van der Waals surface area contributed by atoms with Crippen molar-refractivity contribution in [1.29, 1.82) is 0 Å². The van der Waals surface area contributed by atoms with Gasteiger partial charge in [-0.05, 0) is 0 Å². The molecule has 0 bridgehead atoms. The molecule has 0 aliphatic heterocycles. The molecule has 2 N–H and O–H groups in total. The number of rotatable bonds is 3. The zero-order valence-corrected chi connectivity index (χ0v) is 4.83. The topological polar surface area (TPSA) is 69.2 Å². The molecule has 49 valence electrons. The standard InChI is InChI=1S/C5H7N2O2/c1-2-3-5(4-6)7(8)9/h2H,1,3,6H2. The Morgan fingerprint density at radius 2 is 2.56 bits per heavy atom. The summed E-state index contributed by atoms with van der Waals surface area (Å²) in [4.78, 5) is 9.32. The third kappa shape index (κ3) is 2.48. The minimum absolute atomic E-state index is 0.148. The lowest BCUT2D eigenvalue weighted by Crippen LogP contribution is -2.00. The van der Waals surface area contributed by atoms with Crippen molar-refractivity contribution in [2.45, 2.75) is 6.42 Å². The van der Waals surface area contributed by atoms with Gasteiger partial charge in [-0.15, -0.1) is 6.58 Å². The van der Waals surface area contributed by atoms with E-state index >= 15 is 0 Å². The molecule has 0 unspecified atom stereocenters. The van der Waals surface area contributed by atoms with Crippen molar-refractivity contribution in [3.05, 3.63) is 34.7 Å². The molecule has 1 radical (unpaired) electrons. The summed E-state index contributed by atoms with van der Waals surface area (Å²) < 4.78 is 0. The fourth-order valence-corrected chi connectivity index (χ4v) is 0.323. The summed E-state index contributed by atoms with van der Waals surface area (Å²) in [6, 6.07) is 0. The fraction of sp³-hybridized carbons (Fsp3) is 0.200. The third-order valence-electron chi connectivity index (χ3n) is 0.725. The van der Waals surface area contributed by atoms with Gasteiger partial charge in [-0.2, -0.15) is 0 Å². The van der Waals surface area contributed by atoms with Crippen molar-refractivity contribution < 1.29 is 4.92 Å². The second kappa shape index (κ2) is 3.65. The molecule has 0 saturated carbocycles. The fourth-order valence-electron chi connectivity index (χ4n) is 0.323. The van der Waals surface area contributed by atoms with E-state index in [1.807, 2.05) is 6.20 Å². The highest BCUT2D eigenvalue weighted by Crippen LogP contribution is 1.98. The first-order valence-electron chi connectivity index (χ1n) is 2.30. The third-order valence-corrected chi connectivity index (χ3v) is 0.725. The van der Waals surface area contributed by atoms with Crippen LogP contribution in [0.25, 0.3) is 0 Å². The van der Waals surface area contributed by atoms with Crippen LogP contribution in [0.3, 0.4) is 0 Å². The van der Waals surface area contributed by atoms with Crippen molar-refractivity contribution in [2.24, 2.45) is 5.73 Å². The van der Waals surface area contributed by atoms with E-state index in [0.29, 0.717) is 0 Å². The van der Waals surface area contributed by atoms with E-state index in [0.717, 1.165) is 0 Å². The summed E-state index contributed by atoms with van der Waals surface area (Å²) in [5, 5.41) is 9.90. The zero-order chi connectivity index (χ0) is 7.28. The van der Waals surface area contributed by atoms with Crippen LogP contribution in [0.4, 0.5) is 0 Å². The van der Waals surface area contributed by atoms with Crippen LogP contribution >= 0.6 is 0 Å². The summed E-state index contributed by atoms with van der Waals surface area (Å²) in [7, 11) is 0. The van der Waals surface area contributed by atoms with Gasteiger partial charge in [0, 0.05) is 0 Å². The van der Waals surface area contributed by atoms with Crippen molar-refractivity contribution in [3.63, 3.8) is 0 Å². The van der Waals surface area contributed by atoms with Gasteiger partial charge in [0.25, 0.3) is 5.70 Å². The second-order valence-corrected chi connectivity index (χ2v) is 1.34. The van der Waals surface area contributed by atoms with Crippen molar-refractivity contribution in [2.75, 3.05) is 0 Å². The maximum atomic E-state index is 9.90. The van der Waals surface area contributed by atoms with Crippen molar-refractivity contribution in [3.8, 4) is 0 Å². The smallest absolute Gasteiger partial charge is 0.274 e. The highest BCUT2D eigenvalue weighted by Gasteiger charge is 2.05. The molecular weight excluding hydrogens is 120 g/mol. The van der Waals surface area contributed by atoms with E-state index in [-0.39, 0.29) is 12.1 Å². The number of allylic oxidation sites excluding steroid dienone is 1. The molecule has 0 amide bonds. The molecule has 4 nitrogen and oxygen atoms in total. The summed E-state index contributed by atoms with van der Waals surface area (Å²) in [6.45, 7) is 3.31. The minimum atomic E-state index is -0.582. The van der Waals surface area contributed by atoms with Gasteiger partial charge in [0.05, 0.1) is 11.3 Å². The van der Waals surface area contributed by atoms with E-state index in [9.17, 15) is 10.1 Å². The van der Waals surface area contributed by atoms with Crippen LogP contribution in [0.2, 0.25) is 0 Å². The number of nitrogens with zero attached hydrogens (tertiary/aromatic N) is 1. The number of nitrogens with two attached hydrogens (primary N) is 1. The first kappa shape index (κ1) is 7.68. The van der Waals surface area contributed by atoms with Gasteiger partial charge in [-0.25, -0.2) is 0 Å². The van der Waals surface area contributed by atoms with E-state index in [2.05, 4.69) is 6.58 Å². The molecule has 0 aromatic heterocycles. The van der Waals surface area contributed by atoms with Gasteiger partial charge < -0.3 is 5.73 Å². The second-order valence-electron chi connectivity index (χ2n) is 1.34. The molecule has 0 aliphatic rings. The average molecular weight is 127 g/mol. The molecular formula is C5H7N2O2. The Kier molecular flexibility index (Phi) is 3.12. The highest BCUT2D eigenvalue weighted by atomic mass is 16.6. The lowest BCUT2D eigenvalue weighted by Gasteiger charge is -1.87. The Bertz CT molecular complexity index is 151. The highest BCUT2D eigenvalue weighted by molar-refractivity contribution is 4.90. The summed E-state index contributed by atoms with van der Waals surface area (Å²) in [6.07, 6.45) is 3.51. The van der Waals surface area contributed by atoms with Crippen LogP contribution in [-0.2, 0) is 0 Å². The van der Waals surface area contributed by atoms with Crippen LogP contribution in [0.1, 0.15) is 6.42 Å². The molecule has 0 saturated heterocycles. The van der Waals surface area contributed by atoms with Gasteiger partial charge in [0.15, 0.2) is 0 Å². The van der Waals surface area contributed by atoms with Gasteiger partial charge in [0.2, 0.25) is 0 Å². The van der Waals surface area contributed by atoms with E-state index < -0.39 is 4.92 Å². The van der Waals surface area contributed by atoms with Crippen molar-refractivity contribution >= 4 is 0 Å². The van der Waals surface area contributed by atoms with Crippen LogP contribution in [0, 0.1) is 16.3 Å². The molecule has 0 aliphatic carbocycles. The average Bonchev–Trinajstić information content (AvgIpc) is 1.82. The molecule has 0 aromatic rings. The normalized spacial score (nSPS) is 10.9. The van der Waals surface area contributed by atoms with E-state index in [1.165, 1.54) is 6.08 Å². The Morgan fingerprint density at radius 3 is 2.67 bits per heavy atom. The quantitative estimate of drug-likeness (QED) is 0.259. The van der Waals surface area contributed by atoms with Crippen LogP contribution in [0.15, 0.2) is 18.4 Å². The molecule has 0 fully saturated rings. The van der Waals surface area contributed by atoms with Crippen LogP contribution < -0.4 is 5.73 Å². The van der Waals surface area contributed by atoms with Crippen LogP contribution in [0.5, 0.6) is 0 Å². The minimum Gasteiger partial charge on any atom is -0.392 e. The maximum absolute atomic E-state index is 9.90. The largest absolute Gasteiger partial charge is 0.392 e. The Balaban J connectivity index is 4.00. The zero-order valence-electron chi connectivity index (χ0n) is 4.83. The van der Waals surface area contributed by atoms with Gasteiger partial charge >= 0.3 is 0 Å². The predicted octanol–water partition coefficient (Wildman–Crippen LogP) is 0.442.